The highest BCUT2D eigenvalue weighted by Gasteiger charge is 2.23. The van der Waals surface area contributed by atoms with Crippen LogP contribution in [0.2, 0.25) is 0 Å². The molecule has 1 aliphatic rings. The molecule has 1 N–H and O–H groups in total. The predicted octanol–water partition coefficient (Wildman–Crippen LogP) is 3.08. The maximum absolute atomic E-state index is 12.2. The van der Waals surface area contributed by atoms with Crippen LogP contribution in [-0.4, -0.2) is 28.0 Å². The van der Waals surface area contributed by atoms with Gasteiger partial charge in [0.15, 0.2) is 0 Å². The first kappa shape index (κ1) is 15.1. The number of nitrogens with zero attached hydrogens (tertiary/aromatic N) is 2. The lowest BCUT2D eigenvalue weighted by Gasteiger charge is -2.35. The minimum Gasteiger partial charge on any atom is -0.310 e. The highest BCUT2D eigenvalue weighted by atomic mass is 16.1. The zero-order valence-corrected chi connectivity index (χ0v) is 13.8. The number of aromatic amines is 1. The number of hydrogen-bond donors (Lipinski definition) is 1. The van der Waals surface area contributed by atoms with Crippen LogP contribution in [0.15, 0.2) is 53.3 Å². The molecular weight excluding hydrogens is 298 g/mol. The van der Waals surface area contributed by atoms with E-state index < -0.39 is 0 Å². The van der Waals surface area contributed by atoms with Gasteiger partial charge in [-0.05, 0) is 36.6 Å². The molecule has 0 amide bonds. The summed E-state index contributed by atoms with van der Waals surface area (Å²) < 4.78 is 0. The fraction of sp³-hybridized carbons (Fsp3) is 0.300. The Balaban J connectivity index is 1.53. The topological polar surface area (TPSA) is 49.0 Å². The summed E-state index contributed by atoms with van der Waals surface area (Å²) in [6.45, 7) is 4.21. The van der Waals surface area contributed by atoms with Crippen LogP contribution in [0.3, 0.4) is 0 Å². The van der Waals surface area contributed by atoms with E-state index in [1.165, 1.54) is 11.1 Å². The number of para-hydroxylation sites is 1. The summed E-state index contributed by atoms with van der Waals surface area (Å²) in [4.78, 5) is 22.2. The zero-order chi connectivity index (χ0) is 16.5. The normalized spacial score (nSPS) is 17.8. The SMILES string of the molecule is C[C@H]1c2ccccc2CCN1CCc1nc2ccccc2c(=O)[nH]1. The average molecular weight is 319 g/mol. The van der Waals surface area contributed by atoms with E-state index in [2.05, 4.69) is 46.1 Å². The molecule has 0 saturated carbocycles. The van der Waals surface area contributed by atoms with Crippen LogP contribution in [0, 0.1) is 0 Å². The molecule has 2 heterocycles. The third-order valence-electron chi connectivity index (χ3n) is 5.02. The zero-order valence-electron chi connectivity index (χ0n) is 13.8. The van der Waals surface area contributed by atoms with Crippen molar-refractivity contribution in [2.24, 2.45) is 0 Å². The third-order valence-corrected chi connectivity index (χ3v) is 5.02. The van der Waals surface area contributed by atoms with Gasteiger partial charge >= 0.3 is 0 Å². The number of hydrogen-bond acceptors (Lipinski definition) is 3. The molecule has 0 aliphatic carbocycles. The molecule has 0 radical (unpaired) electrons. The number of benzene rings is 2. The van der Waals surface area contributed by atoms with Gasteiger partial charge in [-0.3, -0.25) is 9.69 Å². The number of fused-ring (bicyclic) bond motifs is 2. The smallest absolute Gasteiger partial charge is 0.258 e. The second-order valence-corrected chi connectivity index (χ2v) is 6.44. The molecule has 4 nitrogen and oxygen atoms in total. The first-order chi connectivity index (χ1) is 11.7. The van der Waals surface area contributed by atoms with Crippen LogP contribution in [0.1, 0.15) is 29.9 Å². The van der Waals surface area contributed by atoms with Crippen LogP contribution in [-0.2, 0) is 12.8 Å². The molecule has 0 saturated heterocycles. The minimum absolute atomic E-state index is 0.0485. The Bertz CT molecular complexity index is 931. The van der Waals surface area contributed by atoms with Crippen molar-refractivity contribution < 1.29 is 0 Å². The van der Waals surface area contributed by atoms with Gasteiger partial charge in [-0.2, -0.15) is 0 Å². The number of aromatic nitrogens is 2. The molecule has 2 aromatic carbocycles. The van der Waals surface area contributed by atoms with E-state index in [0.29, 0.717) is 11.4 Å². The molecule has 1 atom stereocenters. The van der Waals surface area contributed by atoms with E-state index in [1.54, 1.807) is 0 Å². The third kappa shape index (κ3) is 2.74. The van der Waals surface area contributed by atoms with E-state index in [9.17, 15) is 4.79 Å². The number of rotatable bonds is 3. The second-order valence-electron chi connectivity index (χ2n) is 6.44. The fourth-order valence-corrected chi connectivity index (χ4v) is 3.63. The van der Waals surface area contributed by atoms with Gasteiger partial charge in [0.1, 0.15) is 5.82 Å². The number of nitrogens with one attached hydrogen (secondary N) is 1. The molecule has 3 aromatic rings. The van der Waals surface area contributed by atoms with E-state index in [-0.39, 0.29) is 5.56 Å². The van der Waals surface area contributed by atoms with Gasteiger partial charge in [0.05, 0.1) is 10.9 Å². The van der Waals surface area contributed by atoms with Gasteiger partial charge in [-0.15, -0.1) is 0 Å². The van der Waals surface area contributed by atoms with Crippen LogP contribution >= 0.6 is 0 Å². The van der Waals surface area contributed by atoms with Crippen molar-refractivity contribution in [2.75, 3.05) is 13.1 Å². The molecule has 0 fully saturated rings. The van der Waals surface area contributed by atoms with Gasteiger partial charge in [0.25, 0.3) is 5.56 Å². The Morgan fingerprint density at radius 2 is 1.96 bits per heavy atom. The molecule has 122 valence electrons. The largest absolute Gasteiger partial charge is 0.310 e. The first-order valence-electron chi connectivity index (χ1n) is 8.52. The monoisotopic (exact) mass is 319 g/mol. The van der Waals surface area contributed by atoms with Crippen LogP contribution in [0.25, 0.3) is 10.9 Å². The van der Waals surface area contributed by atoms with Gasteiger partial charge in [0, 0.05) is 25.6 Å². The van der Waals surface area contributed by atoms with Crippen LogP contribution in [0.5, 0.6) is 0 Å². The van der Waals surface area contributed by atoms with Crippen molar-refractivity contribution in [3.63, 3.8) is 0 Å². The Morgan fingerprint density at radius 1 is 1.17 bits per heavy atom. The maximum atomic E-state index is 12.2. The standard InChI is InChI=1S/C20H21N3O/c1-14-16-7-3-2-6-15(16)10-12-23(14)13-11-19-21-18-9-5-4-8-17(18)20(24)22-19/h2-9,14H,10-13H2,1H3,(H,21,22,24)/t14-/m0/s1. The van der Waals surface area contributed by atoms with E-state index >= 15 is 0 Å². The minimum atomic E-state index is -0.0485. The fourth-order valence-electron chi connectivity index (χ4n) is 3.63. The van der Waals surface area contributed by atoms with E-state index in [0.717, 1.165) is 37.3 Å². The van der Waals surface area contributed by atoms with Crippen molar-refractivity contribution in [2.45, 2.75) is 25.8 Å². The van der Waals surface area contributed by atoms with Crippen LogP contribution < -0.4 is 5.56 Å². The molecule has 4 heteroatoms. The summed E-state index contributed by atoms with van der Waals surface area (Å²) in [5.74, 6) is 0.768. The van der Waals surface area contributed by atoms with E-state index in [1.807, 2.05) is 24.3 Å². The van der Waals surface area contributed by atoms with Crippen molar-refractivity contribution in [3.05, 3.63) is 75.8 Å². The first-order valence-corrected chi connectivity index (χ1v) is 8.52. The highest BCUT2D eigenvalue weighted by molar-refractivity contribution is 5.77. The maximum Gasteiger partial charge on any atom is 0.258 e. The summed E-state index contributed by atoms with van der Waals surface area (Å²) in [6.07, 6.45) is 1.84. The van der Waals surface area contributed by atoms with Crippen LogP contribution in [0.4, 0.5) is 0 Å². The summed E-state index contributed by atoms with van der Waals surface area (Å²) in [5, 5.41) is 0.654. The Hall–Kier alpha value is -2.46. The summed E-state index contributed by atoms with van der Waals surface area (Å²) >= 11 is 0. The Kier molecular flexibility index (Phi) is 3.90. The van der Waals surface area contributed by atoms with Crippen molar-refractivity contribution in [1.29, 1.82) is 0 Å². The molecule has 0 bridgehead atoms. The molecular formula is C20H21N3O. The lowest BCUT2D eigenvalue weighted by atomic mass is 9.93. The lowest BCUT2D eigenvalue weighted by Crippen LogP contribution is -2.35. The van der Waals surface area contributed by atoms with Gasteiger partial charge < -0.3 is 4.98 Å². The summed E-state index contributed by atoms with van der Waals surface area (Å²) in [7, 11) is 0. The highest BCUT2D eigenvalue weighted by Crippen LogP contribution is 2.28. The Labute approximate surface area is 141 Å². The summed E-state index contributed by atoms with van der Waals surface area (Å²) in [5.41, 5.74) is 3.60. The molecule has 24 heavy (non-hydrogen) atoms. The van der Waals surface area contributed by atoms with Gasteiger partial charge in [0.2, 0.25) is 0 Å². The molecule has 0 unspecified atom stereocenters. The molecule has 1 aliphatic heterocycles. The molecule has 4 rings (SSSR count). The summed E-state index contributed by atoms with van der Waals surface area (Å²) in [6, 6.07) is 16.6. The van der Waals surface area contributed by atoms with Crippen molar-refractivity contribution in [3.8, 4) is 0 Å². The van der Waals surface area contributed by atoms with Crippen molar-refractivity contribution >= 4 is 10.9 Å². The van der Waals surface area contributed by atoms with Gasteiger partial charge in [-0.25, -0.2) is 4.98 Å². The molecule has 1 aromatic heterocycles. The second kappa shape index (κ2) is 6.21. The quantitative estimate of drug-likeness (QED) is 0.807. The average Bonchev–Trinajstić information content (AvgIpc) is 2.61. The predicted molar refractivity (Wildman–Crippen MR) is 96.2 cm³/mol. The Morgan fingerprint density at radius 3 is 2.88 bits per heavy atom. The van der Waals surface area contributed by atoms with Crippen molar-refractivity contribution in [1.82, 2.24) is 14.9 Å². The lowest BCUT2D eigenvalue weighted by molar-refractivity contribution is 0.200. The number of H-pyrrole nitrogens is 1. The van der Waals surface area contributed by atoms with Gasteiger partial charge in [-0.1, -0.05) is 36.4 Å². The van der Waals surface area contributed by atoms with E-state index in [4.69, 9.17) is 0 Å². The molecule has 0 spiro atoms.